The van der Waals surface area contributed by atoms with E-state index in [1.54, 1.807) is 0 Å². The third-order valence-corrected chi connectivity index (χ3v) is 3.31. The zero-order valence-corrected chi connectivity index (χ0v) is 12.3. The van der Waals surface area contributed by atoms with E-state index in [0.717, 1.165) is 24.3 Å². The molecule has 2 atom stereocenters. The molecule has 2 rings (SSSR count). The van der Waals surface area contributed by atoms with Crippen molar-refractivity contribution in [1.29, 1.82) is 0 Å². The van der Waals surface area contributed by atoms with Crippen LogP contribution >= 0.6 is 0 Å². The molecule has 1 saturated heterocycles. The normalized spacial score (nSPS) is 27.3. The molecular formula is C16H25NO2. The molecule has 0 bridgehead atoms. The van der Waals surface area contributed by atoms with E-state index < -0.39 is 0 Å². The van der Waals surface area contributed by atoms with Gasteiger partial charge in [-0.05, 0) is 52.7 Å². The summed E-state index contributed by atoms with van der Waals surface area (Å²) in [5.74, 6) is 0.935. The number of ether oxygens (including phenoxy) is 2. The van der Waals surface area contributed by atoms with Gasteiger partial charge < -0.3 is 14.8 Å². The molecule has 1 aliphatic heterocycles. The second-order valence-electron chi connectivity index (χ2n) is 5.73. The molecule has 0 saturated carbocycles. The Labute approximate surface area is 116 Å². The fraction of sp³-hybridized carbons (Fsp3) is 0.625. The largest absolute Gasteiger partial charge is 0.489 e. The maximum absolute atomic E-state index is 5.85. The van der Waals surface area contributed by atoms with Crippen LogP contribution in [0.4, 0.5) is 5.69 Å². The van der Waals surface area contributed by atoms with Crippen molar-refractivity contribution >= 4 is 5.69 Å². The number of nitrogens with one attached hydrogen (secondary N) is 1. The van der Waals surface area contributed by atoms with Gasteiger partial charge in [0.1, 0.15) is 5.75 Å². The summed E-state index contributed by atoms with van der Waals surface area (Å²) in [6.07, 6.45) is 2.91. The minimum Gasteiger partial charge on any atom is -0.489 e. The molecule has 0 aliphatic carbocycles. The number of anilines is 1. The van der Waals surface area contributed by atoms with Crippen molar-refractivity contribution in [3.8, 4) is 5.75 Å². The average Bonchev–Trinajstić information content (AvgIpc) is 2.29. The van der Waals surface area contributed by atoms with Crippen LogP contribution in [0.5, 0.6) is 5.75 Å². The lowest BCUT2D eigenvalue weighted by Gasteiger charge is -2.33. The van der Waals surface area contributed by atoms with Crippen LogP contribution in [-0.2, 0) is 4.74 Å². The Morgan fingerprint density at radius 2 is 1.79 bits per heavy atom. The summed E-state index contributed by atoms with van der Waals surface area (Å²) in [5.41, 5.74) is 1.09. The van der Waals surface area contributed by atoms with E-state index in [-0.39, 0.29) is 6.10 Å². The highest BCUT2D eigenvalue weighted by Crippen LogP contribution is 2.29. The molecule has 3 nitrogen and oxygen atoms in total. The molecular weight excluding hydrogens is 238 g/mol. The summed E-state index contributed by atoms with van der Waals surface area (Å²) in [6.45, 7) is 8.38. The lowest BCUT2D eigenvalue weighted by molar-refractivity contribution is -0.0338. The van der Waals surface area contributed by atoms with E-state index in [9.17, 15) is 0 Å². The van der Waals surface area contributed by atoms with Gasteiger partial charge in [0.15, 0.2) is 0 Å². The Kier molecular flexibility index (Phi) is 4.70. The second-order valence-corrected chi connectivity index (χ2v) is 5.73. The molecule has 2 unspecified atom stereocenters. The van der Waals surface area contributed by atoms with E-state index in [0.29, 0.717) is 18.2 Å². The number of rotatable bonds is 4. The first-order chi connectivity index (χ1) is 9.04. The summed E-state index contributed by atoms with van der Waals surface area (Å²) in [7, 11) is 0. The van der Waals surface area contributed by atoms with Gasteiger partial charge in [0, 0.05) is 6.04 Å². The fourth-order valence-electron chi connectivity index (χ4n) is 2.69. The Hall–Kier alpha value is -1.22. The number of benzene rings is 1. The number of hydrogen-bond donors (Lipinski definition) is 1. The lowest BCUT2D eigenvalue weighted by atomic mass is 9.99. The van der Waals surface area contributed by atoms with Crippen molar-refractivity contribution < 1.29 is 9.47 Å². The average molecular weight is 263 g/mol. The Bertz CT molecular complexity index is 395. The van der Waals surface area contributed by atoms with Crippen LogP contribution in [0.25, 0.3) is 0 Å². The van der Waals surface area contributed by atoms with Crippen LogP contribution in [0.1, 0.15) is 40.5 Å². The molecule has 1 N–H and O–H groups in total. The highest BCUT2D eigenvalue weighted by Gasteiger charge is 2.24. The Balaban J connectivity index is 2.05. The molecule has 106 valence electrons. The highest BCUT2D eigenvalue weighted by atomic mass is 16.5. The predicted octanol–water partition coefficient (Wildman–Crippen LogP) is 3.84. The zero-order chi connectivity index (χ0) is 13.8. The van der Waals surface area contributed by atoms with Gasteiger partial charge in [-0.15, -0.1) is 0 Å². The van der Waals surface area contributed by atoms with E-state index in [1.807, 2.05) is 18.2 Å². The SMILES string of the molecule is CC(C)Oc1ccccc1NC1CC(C)OC(C)C1. The molecule has 1 aromatic carbocycles. The summed E-state index contributed by atoms with van der Waals surface area (Å²) < 4.78 is 11.6. The number of hydrogen-bond acceptors (Lipinski definition) is 3. The molecule has 3 heteroatoms. The van der Waals surface area contributed by atoms with Gasteiger partial charge in [-0.1, -0.05) is 12.1 Å². The Morgan fingerprint density at radius 3 is 2.42 bits per heavy atom. The highest BCUT2D eigenvalue weighted by molar-refractivity contribution is 5.56. The molecule has 1 heterocycles. The maximum atomic E-state index is 5.85. The zero-order valence-electron chi connectivity index (χ0n) is 12.3. The summed E-state index contributed by atoms with van der Waals surface area (Å²) in [4.78, 5) is 0. The van der Waals surface area contributed by atoms with E-state index in [2.05, 4.69) is 39.1 Å². The standard InChI is InChI=1S/C16H25NO2/c1-11(2)18-16-8-6-5-7-15(16)17-14-9-12(3)19-13(4)10-14/h5-8,11-14,17H,9-10H2,1-4H3. The third kappa shape index (κ3) is 4.13. The molecule has 0 aromatic heterocycles. The maximum Gasteiger partial charge on any atom is 0.142 e. The first-order valence-corrected chi connectivity index (χ1v) is 7.22. The summed E-state index contributed by atoms with van der Waals surface area (Å²) in [6, 6.07) is 8.62. The van der Waals surface area contributed by atoms with Gasteiger partial charge in [0.25, 0.3) is 0 Å². The van der Waals surface area contributed by atoms with Crippen molar-refractivity contribution in [3.05, 3.63) is 24.3 Å². The van der Waals surface area contributed by atoms with Crippen molar-refractivity contribution in [2.75, 3.05) is 5.32 Å². The molecule has 1 aliphatic rings. The van der Waals surface area contributed by atoms with Gasteiger partial charge >= 0.3 is 0 Å². The van der Waals surface area contributed by atoms with Crippen molar-refractivity contribution in [1.82, 2.24) is 0 Å². The summed E-state index contributed by atoms with van der Waals surface area (Å²) >= 11 is 0. The van der Waals surface area contributed by atoms with Gasteiger partial charge in [0.05, 0.1) is 24.0 Å². The minimum absolute atomic E-state index is 0.190. The Morgan fingerprint density at radius 1 is 1.16 bits per heavy atom. The van der Waals surface area contributed by atoms with Crippen LogP contribution in [0.15, 0.2) is 24.3 Å². The van der Waals surface area contributed by atoms with Crippen LogP contribution in [0, 0.1) is 0 Å². The van der Waals surface area contributed by atoms with Gasteiger partial charge in [-0.2, -0.15) is 0 Å². The first-order valence-electron chi connectivity index (χ1n) is 7.22. The molecule has 0 radical (unpaired) electrons. The molecule has 19 heavy (non-hydrogen) atoms. The lowest BCUT2D eigenvalue weighted by Crippen LogP contribution is -2.37. The smallest absolute Gasteiger partial charge is 0.142 e. The van der Waals surface area contributed by atoms with Crippen LogP contribution in [-0.4, -0.2) is 24.4 Å². The molecule has 1 aromatic rings. The molecule has 1 fully saturated rings. The fourth-order valence-corrected chi connectivity index (χ4v) is 2.69. The second kappa shape index (κ2) is 6.29. The molecule has 0 amide bonds. The van der Waals surface area contributed by atoms with E-state index >= 15 is 0 Å². The van der Waals surface area contributed by atoms with Crippen molar-refractivity contribution in [3.63, 3.8) is 0 Å². The third-order valence-electron chi connectivity index (χ3n) is 3.31. The first kappa shape index (κ1) is 14.2. The van der Waals surface area contributed by atoms with Crippen LogP contribution in [0.2, 0.25) is 0 Å². The quantitative estimate of drug-likeness (QED) is 0.895. The molecule has 0 spiro atoms. The predicted molar refractivity (Wildman–Crippen MR) is 78.9 cm³/mol. The van der Waals surface area contributed by atoms with E-state index in [1.165, 1.54) is 0 Å². The van der Waals surface area contributed by atoms with Gasteiger partial charge in [-0.25, -0.2) is 0 Å². The monoisotopic (exact) mass is 263 g/mol. The van der Waals surface area contributed by atoms with Crippen molar-refractivity contribution in [2.45, 2.75) is 64.9 Å². The van der Waals surface area contributed by atoms with Crippen LogP contribution < -0.4 is 10.1 Å². The minimum atomic E-state index is 0.190. The topological polar surface area (TPSA) is 30.5 Å². The van der Waals surface area contributed by atoms with Crippen molar-refractivity contribution in [2.24, 2.45) is 0 Å². The summed E-state index contributed by atoms with van der Waals surface area (Å²) in [5, 5.41) is 3.61. The van der Waals surface area contributed by atoms with Gasteiger partial charge in [-0.3, -0.25) is 0 Å². The van der Waals surface area contributed by atoms with E-state index in [4.69, 9.17) is 9.47 Å². The van der Waals surface area contributed by atoms with Gasteiger partial charge in [0.2, 0.25) is 0 Å². The number of para-hydroxylation sites is 2. The van der Waals surface area contributed by atoms with Crippen LogP contribution in [0.3, 0.4) is 0 Å².